The Bertz CT molecular complexity index is 1620. The molecule has 0 fully saturated rings. The highest BCUT2D eigenvalue weighted by molar-refractivity contribution is 7.89. The van der Waals surface area contributed by atoms with E-state index in [4.69, 9.17) is 4.74 Å². The quantitative estimate of drug-likeness (QED) is 0.346. The highest BCUT2D eigenvalue weighted by atomic mass is 32.2. The summed E-state index contributed by atoms with van der Waals surface area (Å²) in [5, 5.41) is 3.84. The number of amides is 1. The maximum absolute atomic E-state index is 13.3. The Labute approximate surface area is 223 Å². The maximum atomic E-state index is 13.3. The van der Waals surface area contributed by atoms with Gasteiger partial charge in [-0.15, -0.1) is 0 Å². The minimum atomic E-state index is -3.65. The van der Waals surface area contributed by atoms with Crippen LogP contribution in [0.2, 0.25) is 0 Å². The third kappa shape index (κ3) is 4.97. The number of methoxy groups -OCH3 is 1. The highest BCUT2D eigenvalue weighted by Gasteiger charge is 2.28. The summed E-state index contributed by atoms with van der Waals surface area (Å²) in [6.07, 6.45) is 2.67. The summed E-state index contributed by atoms with van der Waals surface area (Å²) in [6, 6.07) is 22.8. The minimum absolute atomic E-state index is 0.199. The largest absolute Gasteiger partial charge is 0.497 e. The zero-order valence-electron chi connectivity index (χ0n) is 21.8. The topological polar surface area (TPSA) is 80.6 Å². The van der Waals surface area contributed by atoms with Crippen molar-refractivity contribution in [3.63, 3.8) is 0 Å². The number of nitrogens with one attached hydrogen (secondary N) is 1. The number of para-hydroxylation sites is 1. The molecular formula is C30H31N3O4S. The van der Waals surface area contributed by atoms with Crippen LogP contribution in [0.5, 0.6) is 5.75 Å². The fraction of sp³-hybridized carbons (Fsp3) is 0.233. The Morgan fingerprint density at radius 1 is 1.00 bits per heavy atom. The second-order valence-corrected chi connectivity index (χ2v) is 11.4. The Morgan fingerprint density at radius 3 is 2.34 bits per heavy atom. The van der Waals surface area contributed by atoms with Crippen molar-refractivity contribution in [1.82, 2.24) is 8.87 Å². The van der Waals surface area contributed by atoms with Crippen LogP contribution in [-0.4, -0.2) is 43.4 Å². The molecule has 3 aromatic carbocycles. The lowest BCUT2D eigenvalue weighted by molar-refractivity contribution is -0.114. The summed E-state index contributed by atoms with van der Waals surface area (Å²) >= 11 is 0. The highest BCUT2D eigenvalue weighted by Crippen LogP contribution is 2.36. The molecule has 2 heterocycles. The van der Waals surface area contributed by atoms with Gasteiger partial charge >= 0.3 is 0 Å². The van der Waals surface area contributed by atoms with Crippen LogP contribution in [0.4, 0.5) is 5.69 Å². The molecular weight excluding hydrogens is 498 g/mol. The minimum Gasteiger partial charge on any atom is -0.497 e. The van der Waals surface area contributed by atoms with Gasteiger partial charge in [0.25, 0.3) is 0 Å². The number of ether oxygens (including phenoxy) is 1. The molecule has 1 aromatic heterocycles. The van der Waals surface area contributed by atoms with E-state index < -0.39 is 10.0 Å². The van der Waals surface area contributed by atoms with Gasteiger partial charge in [0.05, 0.1) is 12.0 Å². The van der Waals surface area contributed by atoms with Gasteiger partial charge in [0.2, 0.25) is 15.9 Å². The summed E-state index contributed by atoms with van der Waals surface area (Å²) in [7, 11) is -1.98. The van der Waals surface area contributed by atoms with Crippen LogP contribution in [0.25, 0.3) is 16.5 Å². The van der Waals surface area contributed by atoms with Gasteiger partial charge in [-0.1, -0.05) is 36.4 Å². The molecule has 0 saturated carbocycles. The molecule has 0 radical (unpaired) electrons. The fourth-order valence-corrected chi connectivity index (χ4v) is 6.49. The zero-order chi connectivity index (χ0) is 26.9. The molecule has 0 spiro atoms. The Kier molecular flexibility index (Phi) is 7.10. The molecule has 0 aliphatic carbocycles. The molecule has 4 aromatic rings. The second-order valence-electron chi connectivity index (χ2n) is 9.46. The van der Waals surface area contributed by atoms with Crippen molar-refractivity contribution in [2.75, 3.05) is 25.5 Å². The van der Waals surface area contributed by atoms with Gasteiger partial charge in [0.1, 0.15) is 5.75 Å². The molecule has 38 heavy (non-hydrogen) atoms. The lowest BCUT2D eigenvalue weighted by atomic mass is 9.97. The predicted molar refractivity (Wildman–Crippen MR) is 151 cm³/mol. The molecule has 0 bridgehead atoms. The lowest BCUT2D eigenvalue weighted by Gasteiger charge is -2.26. The number of carbonyl (C=O) groups excluding carboxylic acids is 1. The summed E-state index contributed by atoms with van der Waals surface area (Å²) in [6.45, 7) is 5.00. The summed E-state index contributed by atoms with van der Waals surface area (Å²) in [5.41, 5.74) is 6.43. The van der Waals surface area contributed by atoms with Crippen LogP contribution in [0, 0.1) is 6.92 Å². The molecule has 1 aliphatic rings. The number of hydrogen-bond acceptors (Lipinski definition) is 4. The third-order valence-corrected chi connectivity index (χ3v) is 8.92. The van der Waals surface area contributed by atoms with Crippen molar-refractivity contribution in [2.45, 2.75) is 31.7 Å². The first-order valence-corrected chi connectivity index (χ1v) is 14.0. The number of nitrogens with zero attached hydrogens (tertiary/aromatic N) is 2. The number of fused-ring (bicyclic) bond motifs is 1. The van der Waals surface area contributed by atoms with Gasteiger partial charge in [-0.3, -0.25) is 4.79 Å². The van der Waals surface area contributed by atoms with E-state index in [0.29, 0.717) is 25.2 Å². The van der Waals surface area contributed by atoms with Gasteiger partial charge in [-0.05, 0) is 66.9 Å². The Hall–Kier alpha value is -3.88. The lowest BCUT2D eigenvalue weighted by Crippen LogP contribution is -2.34. The van der Waals surface area contributed by atoms with Crippen LogP contribution in [0.15, 0.2) is 83.8 Å². The van der Waals surface area contributed by atoms with Crippen LogP contribution in [-0.2, 0) is 21.4 Å². The molecule has 7 nitrogen and oxygen atoms in total. The van der Waals surface area contributed by atoms with Crippen molar-refractivity contribution in [3.05, 3.63) is 95.7 Å². The molecule has 0 atom stereocenters. The van der Waals surface area contributed by atoms with Crippen LogP contribution in [0.3, 0.4) is 0 Å². The van der Waals surface area contributed by atoms with E-state index in [2.05, 4.69) is 47.1 Å². The monoisotopic (exact) mass is 529 g/mol. The molecule has 0 saturated heterocycles. The first-order chi connectivity index (χ1) is 18.3. The first kappa shape index (κ1) is 25.8. The molecule has 1 amide bonds. The predicted octanol–water partition coefficient (Wildman–Crippen LogP) is 5.44. The number of aromatic nitrogens is 1. The average molecular weight is 530 g/mol. The summed E-state index contributed by atoms with van der Waals surface area (Å²) in [5.74, 6) is 0.633. The van der Waals surface area contributed by atoms with Crippen molar-refractivity contribution >= 4 is 38.1 Å². The first-order valence-electron chi connectivity index (χ1n) is 12.6. The number of sulfonamides is 1. The van der Waals surface area contributed by atoms with E-state index in [0.717, 1.165) is 23.5 Å². The maximum Gasteiger partial charge on any atom is 0.243 e. The fourth-order valence-electron chi connectivity index (χ4n) is 5.11. The van der Waals surface area contributed by atoms with Crippen LogP contribution < -0.4 is 10.1 Å². The van der Waals surface area contributed by atoms with E-state index in [1.807, 2.05) is 24.3 Å². The van der Waals surface area contributed by atoms with Crippen molar-refractivity contribution in [2.24, 2.45) is 0 Å². The smallest absolute Gasteiger partial charge is 0.243 e. The van der Waals surface area contributed by atoms with Crippen LogP contribution >= 0.6 is 0 Å². The van der Waals surface area contributed by atoms with Crippen LogP contribution in [0.1, 0.15) is 30.2 Å². The summed E-state index contributed by atoms with van der Waals surface area (Å²) in [4.78, 5) is 11.5. The Morgan fingerprint density at radius 2 is 1.71 bits per heavy atom. The van der Waals surface area contributed by atoms with E-state index >= 15 is 0 Å². The van der Waals surface area contributed by atoms with E-state index in [1.54, 1.807) is 19.2 Å². The van der Waals surface area contributed by atoms with Gasteiger partial charge < -0.3 is 14.6 Å². The third-order valence-electron chi connectivity index (χ3n) is 7.04. The molecule has 0 unspecified atom stereocenters. The number of carbonyl (C=O) groups is 1. The average Bonchev–Trinajstić information content (AvgIpc) is 3.20. The van der Waals surface area contributed by atoms with Gasteiger partial charge in [-0.25, -0.2) is 8.42 Å². The zero-order valence-corrected chi connectivity index (χ0v) is 22.6. The molecule has 5 rings (SSSR count). The SMILES string of the molecule is COc1ccc(Cn2c(C)c(C3=CCN(S(=O)(=O)c4ccc(NC(C)=O)cc4)CC3)c3ccccc32)cc1. The normalized spacial score (nSPS) is 14.3. The molecule has 8 heteroatoms. The van der Waals surface area contributed by atoms with Crippen molar-refractivity contribution in [3.8, 4) is 5.75 Å². The van der Waals surface area contributed by atoms with Gasteiger partial charge in [0, 0.05) is 54.4 Å². The molecule has 196 valence electrons. The van der Waals surface area contributed by atoms with E-state index in [1.165, 1.54) is 45.4 Å². The molecule has 1 aliphatic heterocycles. The number of benzene rings is 3. The van der Waals surface area contributed by atoms with Gasteiger partial charge in [0.15, 0.2) is 0 Å². The molecule has 1 N–H and O–H groups in total. The standard InChI is InChI=1S/C30H31N3O4S/c1-21-30(28-6-4-5-7-29(28)33(21)20-23-8-12-26(37-3)13-9-23)24-16-18-32(19-17-24)38(35,36)27-14-10-25(11-15-27)31-22(2)34/h4-16H,17-20H2,1-3H3,(H,31,34). The van der Waals surface area contributed by atoms with Crippen molar-refractivity contribution in [1.29, 1.82) is 0 Å². The number of hydrogen-bond donors (Lipinski definition) is 1. The van der Waals surface area contributed by atoms with Crippen molar-refractivity contribution < 1.29 is 17.9 Å². The number of anilines is 1. The van der Waals surface area contributed by atoms with Gasteiger partial charge in [-0.2, -0.15) is 4.31 Å². The second kappa shape index (κ2) is 10.5. The number of rotatable bonds is 7. The Balaban J connectivity index is 1.42. The van der Waals surface area contributed by atoms with E-state index in [-0.39, 0.29) is 10.8 Å². The van der Waals surface area contributed by atoms with E-state index in [9.17, 15) is 13.2 Å². The summed E-state index contributed by atoms with van der Waals surface area (Å²) < 4.78 is 35.7.